The summed E-state index contributed by atoms with van der Waals surface area (Å²) in [6, 6.07) is 7.66. The molecule has 0 saturated heterocycles. The van der Waals surface area contributed by atoms with E-state index in [1.807, 2.05) is 31.2 Å². The van der Waals surface area contributed by atoms with Crippen LogP contribution in [-0.2, 0) is 11.2 Å². The average molecular weight is 232 g/mol. The summed E-state index contributed by atoms with van der Waals surface area (Å²) in [4.78, 5) is 11.1. The molecule has 1 aromatic heterocycles. The number of hydrogen-bond donors (Lipinski definition) is 2. The Morgan fingerprint density at radius 1 is 1.41 bits per heavy atom. The molecule has 0 radical (unpaired) electrons. The fourth-order valence-electron chi connectivity index (χ4n) is 1.89. The second-order valence-corrected chi connectivity index (χ2v) is 3.97. The molecule has 1 amide bonds. The number of nitrogens with zero attached hydrogens (tertiary/aromatic N) is 1. The van der Waals surface area contributed by atoms with Gasteiger partial charge in [-0.1, -0.05) is 25.1 Å². The average Bonchev–Trinajstić information content (AvgIpc) is 2.67. The van der Waals surface area contributed by atoms with Crippen LogP contribution < -0.4 is 5.32 Å². The van der Waals surface area contributed by atoms with Gasteiger partial charge in [-0.15, -0.1) is 0 Å². The molecular weight excluding hydrogens is 216 g/mol. The van der Waals surface area contributed by atoms with Crippen molar-refractivity contribution in [1.82, 2.24) is 10.0 Å². The van der Waals surface area contributed by atoms with Gasteiger partial charge in [0.05, 0.1) is 5.52 Å². The minimum Gasteiger partial charge on any atom is -0.428 e. The first-order valence-electron chi connectivity index (χ1n) is 5.77. The number of hydrogen-bond acceptors (Lipinski definition) is 2. The molecule has 0 bridgehead atoms. The van der Waals surface area contributed by atoms with E-state index in [1.54, 1.807) is 6.20 Å². The molecule has 2 N–H and O–H groups in total. The molecule has 4 nitrogen and oxygen atoms in total. The summed E-state index contributed by atoms with van der Waals surface area (Å²) >= 11 is 0. The van der Waals surface area contributed by atoms with Crippen LogP contribution in [-0.4, -0.2) is 22.4 Å². The number of amides is 1. The van der Waals surface area contributed by atoms with Crippen LogP contribution in [0.15, 0.2) is 30.5 Å². The van der Waals surface area contributed by atoms with Gasteiger partial charge in [0.1, 0.15) is 0 Å². The highest BCUT2D eigenvalue weighted by atomic mass is 16.5. The van der Waals surface area contributed by atoms with Crippen molar-refractivity contribution < 1.29 is 10.0 Å². The molecule has 0 unspecified atom stereocenters. The van der Waals surface area contributed by atoms with Gasteiger partial charge >= 0.3 is 0 Å². The maximum atomic E-state index is 11.1. The van der Waals surface area contributed by atoms with E-state index in [1.165, 1.54) is 0 Å². The quantitative estimate of drug-likeness (QED) is 0.792. The lowest BCUT2D eigenvalue weighted by Crippen LogP contribution is -2.24. The van der Waals surface area contributed by atoms with E-state index in [-0.39, 0.29) is 5.91 Å². The molecule has 0 aliphatic rings. The molecule has 1 heterocycles. The summed E-state index contributed by atoms with van der Waals surface area (Å²) in [5.74, 6) is 0.0535. The van der Waals surface area contributed by atoms with Crippen LogP contribution in [0.2, 0.25) is 0 Å². The molecule has 0 atom stereocenters. The van der Waals surface area contributed by atoms with Gasteiger partial charge in [0.15, 0.2) is 0 Å². The van der Waals surface area contributed by atoms with Crippen molar-refractivity contribution >= 4 is 16.8 Å². The van der Waals surface area contributed by atoms with Crippen LogP contribution in [0.5, 0.6) is 0 Å². The number of aromatic nitrogens is 1. The third-order valence-electron chi connectivity index (χ3n) is 2.81. The van der Waals surface area contributed by atoms with Gasteiger partial charge < -0.3 is 10.5 Å². The zero-order chi connectivity index (χ0) is 12.3. The van der Waals surface area contributed by atoms with E-state index in [9.17, 15) is 10.0 Å². The van der Waals surface area contributed by atoms with Crippen molar-refractivity contribution in [3.8, 4) is 0 Å². The molecular formula is C13H16N2O2. The molecule has 2 rings (SSSR count). The van der Waals surface area contributed by atoms with E-state index in [0.717, 1.165) is 27.6 Å². The Balaban J connectivity index is 2.11. The van der Waals surface area contributed by atoms with Crippen LogP contribution in [0, 0.1) is 0 Å². The molecule has 0 aliphatic carbocycles. The van der Waals surface area contributed by atoms with E-state index in [0.29, 0.717) is 13.0 Å². The lowest BCUT2D eigenvalue weighted by molar-refractivity contribution is -0.120. The molecule has 17 heavy (non-hydrogen) atoms. The minimum absolute atomic E-state index is 0.0535. The number of fused-ring (bicyclic) bond motifs is 1. The van der Waals surface area contributed by atoms with Crippen molar-refractivity contribution in [2.75, 3.05) is 6.54 Å². The third kappa shape index (κ3) is 2.41. The van der Waals surface area contributed by atoms with Gasteiger partial charge in [-0.25, -0.2) is 0 Å². The monoisotopic (exact) mass is 232 g/mol. The standard InChI is InChI=1S/C13H16N2O2/c1-2-13(16)14-8-7-10-9-15(17)12-6-4-3-5-11(10)12/h3-6,9,17H,2,7-8H2,1H3,(H,14,16). The highest BCUT2D eigenvalue weighted by Gasteiger charge is 2.07. The molecule has 1 aromatic carbocycles. The summed E-state index contributed by atoms with van der Waals surface area (Å²) in [5, 5.41) is 13.5. The van der Waals surface area contributed by atoms with E-state index < -0.39 is 0 Å². The van der Waals surface area contributed by atoms with Gasteiger partial charge in [0, 0.05) is 24.5 Å². The Labute approximate surface area is 99.8 Å². The zero-order valence-electron chi connectivity index (χ0n) is 9.81. The number of carbonyl (C=O) groups excluding carboxylic acids is 1. The van der Waals surface area contributed by atoms with Crippen LogP contribution in [0.4, 0.5) is 0 Å². The zero-order valence-corrected chi connectivity index (χ0v) is 9.81. The van der Waals surface area contributed by atoms with Gasteiger partial charge in [-0.05, 0) is 18.1 Å². The summed E-state index contributed by atoms with van der Waals surface area (Å²) < 4.78 is 1.13. The molecule has 4 heteroatoms. The lowest BCUT2D eigenvalue weighted by atomic mass is 10.1. The highest BCUT2D eigenvalue weighted by molar-refractivity contribution is 5.83. The van der Waals surface area contributed by atoms with Gasteiger partial charge in [-0.2, -0.15) is 4.73 Å². The number of rotatable bonds is 4. The third-order valence-corrected chi connectivity index (χ3v) is 2.81. The maximum absolute atomic E-state index is 11.1. The Morgan fingerprint density at radius 3 is 2.94 bits per heavy atom. The Kier molecular flexibility index (Phi) is 3.32. The minimum atomic E-state index is 0.0535. The smallest absolute Gasteiger partial charge is 0.219 e. The van der Waals surface area contributed by atoms with E-state index >= 15 is 0 Å². The number of carbonyl (C=O) groups is 1. The normalized spacial score (nSPS) is 10.6. The van der Waals surface area contributed by atoms with Gasteiger partial charge in [0.2, 0.25) is 5.91 Å². The molecule has 0 aliphatic heterocycles. The maximum Gasteiger partial charge on any atom is 0.219 e. The van der Waals surface area contributed by atoms with Crippen LogP contribution in [0.1, 0.15) is 18.9 Å². The molecule has 0 fully saturated rings. The lowest BCUT2D eigenvalue weighted by Gasteiger charge is -2.02. The van der Waals surface area contributed by atoms with Crippen molar-refractivity contribution in [2.45, 2.75) is 19.8 Å². The second-order valence-electron chi connectivity index (χ2n) is 3.97. The fourth-order valence-corrected chi connectivity index (χ4v) is 1.89. The van der Waals surface area contributed by atoms with Gasteiger partial charge in [0.25, 0.3) is 0 Å². The van der Waals surface area contributed by atoms with E-state index in [4.69, 9.17) is 0 Å². The van der Waals surface area contributed by atoms with E-state index in [2.05, 4.69) is 5.32 Å². The van der Waals surface area contributed by atoms with Gasteiger partial charge in [-0.3, -0.25) is 4.79 Å². The predicted octanol–water partition coefficient (Wildman–Crippen LogP) is 1.95. The fraction of sp³-hybridized carbons (Fsp3) is 0.308. The molecule has 90 valence electrons. The second kappa shape index (κ2) is 4.91. The SMILES string of the molecule is CCC(=O)NCCc1cn(O)c2ccccc12. The van der Waals surface area contributed by atoms with Crippen LogP contribution in [0.3, 0.4) is 0 Å². The number of para-hydroxylation sites is 1. The molecule has 2 aromatic rings. The number of benzene rings is 1. The first-order chi connectivity index (χ1) is 8.22. The van der Waals surface area contributed by atoms with Crippen molar-refractivity contribution in [2.24, 2.45) is 0 Å². The highest BCUT2D eigenvalue weighted by Crippen LogP contribution is 2.20. The summed E-state index contributed by atoms with van der Waals surface area (Å²) in [5.41, 5.74) is 1.84. The Bertz CT molecular complexity index is 531. The summed E-state index contributed by atoms with van der Waals surface area (Å²) in [6.07, 6.45) is 2.92. The van der Waals surface area contributed by atoms with Crippen LogP contribution in [0.25, 0.3) is 10.9 Å². The topological polar surface area (TPSA) is 54.3 Å². The summed E-state index contributed by atoms with van der Waals surface area (Å²) in [6.45, 7) is 2.43. The largest absolute Gasteiger partial charge is 0.428 e. The molecule has 0 saturated carbocycles. The van der Waals surface area contributed by atoms with Crippen molar-refractivity contribution in [3.05, 3.63) is 36.0 Å². The Morgan fingerprint density at radius 2 is 2.18 bits per heavy atom. The van der Waals surface area contributed by atoms with Crippen molar-refractivity contribution in [3.63, 3.8) is 0 Å². The Hall–Kier alpha value is -1.97. The molecule has 0 spiro atoms. The predicted molar refractivity (Wildman–Crippen MR) is 66.1 cm³/mol. The summed E-state index contributed by atoms with van der Waals surface area (Å²) in [7, 11) is 0. The first kappa shape index (κ1) is 11.5. The first-order valence-corrected chi connectivity index (χ1v) is 5.77. The number of nitrogens with one attached hydrogen (secondary N) is 1. The van der Waals surface area contributed by atoms with Crippen molar-refractivity contribution in [1.29, 1.82) is 0 Å². The van der Waals surface area contributed by atoms with Crippen LogP contribution >= 0.6 is 0 Å².